The zero-order valence-corrected chi connectivity index (χ0v) is 20.4. The number of quaternary nitrogens is 1. The van der Waals surface area contributed by atoms with Gasteiger partial charge < -0.3 is 13.9 Å². The van der Waals surface area contributed by atoms with Gasteiger partial charge in [0.1, 0.15) is 0 Å². The van der Waals surface area contributed by atoms with Gasteiger partial charge in [-0.1, -0.05) is 77.4 Å². The Labute approximate surface area is 175 Å². The first-order chi connectivity index (χ1) is 13.3. The average Bonchev–Trinajstić information content (AvgIpc) is 2.61. The topological polar surface area (TPSA) is 46.5 Å². The van der Waals surface area contributed by atoms with Crippen LogP contribution >= 0.6 is 7.60 Å². The molecule has 0 aliphatic carbocycles. The molecule has 0 aliphatic rings. The number of unbranched alkanes of at least 4 members (excludes halogenated alkanes) is 10. The van der Waals surface area contributed by atoms with Crippen LogP contribution in [0.3, 0.4) is 0 Å². The first-order valence-electron chi connectivity index (χ1n) is 11.7. The van der Waals surface area contributed by atoms with Gasteiger partial charge >= 0.3 is 7.60 Å². The van der Waals surface area contributed by atoms with Gasteiger partial charge in [-0.25, -0.2) is 0 Å². The van der Waals surface area contributed by atoms with Crippen molar-refractivity contribution in [1.82, 2.24) is 0 Å². The number of hydrogen-bond acceptors (Lipinski definition) is 2. The SMILES string of the molecule is CCCCCCCCCCCC=CCCCOP(=O)(O)C(CCC)[N+](C)(C)C. The van der Waals surface area contributed by atoms with Gasteiger partial charge in [0, 0.05) is 6.42 Å². The van der Waals surface area contributed by atoms with Gasteiger partial charge in [0.25, 0.3) is 0 Å². The molecule has 0 aromatic heterocycles. The van der Waals surface area contributed by atoms with Crippen LogP contribution in [0.2, 0.25) is 0 Å². The van der Waals surface area contributed by atoms with Crippen LogP contribution < -0.4 is 0 Å². The second-order valence-electron chi connectivity index (χ2n) is 9.01. The molecule has 0 amide bonds. The molecular formula is C23H49NO3P+. The number of allylic oxidation sites excluding steroid dienone is 2. The highest BCUT2D eigenvalue weighted by atomic mass is 31.2. The van der Waals surface area contributed by atoms with Crippen molar-refractivity contribution >= 4 is 7.60 Å². The summed E-state index contributed by atoms with van der Waals surface area (Å²) in [6.45, 7) is 4.67. The summed E-state index contributed by atoms with van der Waals surface area (Å²) in [5.74, 6) is -0.348. The smallest absolute Gasteiger partial charge is 0.320 e. The van der Waals surface area contributed by atoms with Crippen LogP contribution in [0.1, 0.15) is 104 Å². The Morgan fingerprint density at radius 3 is 1.82 bits per heavy atom. The number of rotatable bonds is 19. The van der Waals surface area contributed by atoms with Gasteiger partial charge in [-0.2, -0.15) is 0 Å². The van der Waals surface area contributed by atoms with E-state index in [1.54, 1.807) is 0 Å². The van der Waals surface area contributed by atoms with E-state index in [1.165, 1.54) is 57.8 Å². The lowest BCUT2D eigenvalue weighted by molar-refractivity contribution is -0.883. The van der Waals surface area contributed by atoms with E-state index in [1.807, 2.05) is 28.1 Å². The van der Waals surface area contributed by atoms with E-state index in [4.69, 9.17) is 4.52 Å². The molecule has 0 fully saturated rings. The van der Waals surface area contributed by atoms with Gasteiger partial charge in [0.15, 0.2) is 5.78 Å². The van der Waals surface area contributed by atoms with Crippen LogP contribution in [0.4, 0.5) is 0 Å². The molecule has 0 aliphatic heterocycles. The molecular weight excluding hydrogens is 369 g/mol. The van der Waals surface area contributed by atoms with Gasteiger partial charge in [-0.15, -0.1) is 0 Å². The predicted octanol–water partition coefficient (Wildman–Crippen LogP) is 7.28. The summed E-state index contributed by atoms with van der Waals surface area (Å²) in [4.78, 5) is 10.3. The molecule has 0 spiro atoms. The summed E-state index contributed by atoms with van der Waals surface area (Å²) in [7, 11) is 2.30. The molecule has 0 heterocycles. The molecule has 2 atom stereocenters. The Hall–Kier alpha value is -0.150. The van der Waals surface area contributed by atoms with Crippen LogP contribution in [-0.2, 0) is 9.09 Å². The zero-order valence-electron chi connectivity index (χ0n) is 19.5. The summed E-state index contributed by atoms with van der Waals surface area (Å²) in [5, 5.41) is 0. The minimum atomic E-state index is -3.58. The highest BCUT2D eigenvalue weighted by Gasteiger charge is 2.41. The van der Waals surface area contributed by atoms with Gasteiger partial charge in [-0.05, 0) is 32.1 Å². The molecule has 0 aromatic carbocycles. The third-order valence-electron chi connectivity index (χ3n) is 5.25. The minimum Gasteiger partial charge on any atom is -0.320 e. The fourth-order valence-corrected chi connectivity index (χ4v) is 5.56. The number of hydrogen-bond donors (Lipinski definition) is 1. The molecule has 0 radical (unpaired) electrons. The van der Waals surface area contributed by atoms with Crippen molar-refractivity contribution in [2.45, 2.75) is 110 Å². The summed E-state index contributed by atoms with van der Waals surface area (Å²) >= 11 is 0. The quantitative estimate of drug-likeness (QED) is 0.104. The van der Waals surface area contributed by atoms with Crippen molar-refractivity contribution in [2.75, 3.05) is 27.7 Å². The molecule has 0 rings (SSSR count). The fraction of sp³-hybridized carbons (Fsp3) is 0.913. The second kappa shape index (κ2) is 16.6. The van der Waals surface area contributed by atoms with Crippen LogP contribution in [0.25, 0.3) is 0 Å². The van der Waals surface area contributed by atoms with Crippen molar-refractivity contribution in [2.24, 2.45) is 0 Å². The van der Waals surface area contributed by atoms with Crippen LogP contribution in [0.5, 0.6) is 0 Å². The van der Waals surface area contributed by atoms with E-state index >= 15 is 0 Å². The first kappa shape index (κ1) is 27.8. The Morgan fingerprint density at radius 2 is 1.32 bits per heavy atom. The van der Waals surface area contributed by atoms with Gasteiger partial charge in [0.05, 0.1) is 27.7 Å². The zero-order chi connectivity index (χ0) is 21.3. The van der Waals surface area contributed by atoms with Crippen molar-refractivity contribution < 1.29 is 18.5 Å². The molecule has 4 nitrogen and oxygen atoms in total. The molecule has 168 valence electrons. The lowest BCUT2D eigenvalue weighted by Crippen LogP contribution is -2.45. The van der Waals surface area contributed by atoms with Crippen LogP contribution in [0, 0.1) is 0 Å². The van der Waals surface area contributed by atoms with Gasteiger partial charge in [0.2, 0.25) is 0 Å². The monoisotopic (exact) mass is 418 g/mol. The third-order valence-corrected chi connectivity index (χ3v) is 7.51. The maximum Gasteiger partial charge on any atom is 0.385 e. The van der Waals surface area contributed by atoms with E-state index in [0.29, 0.717) is 17.5 Å². The lowest BCUT2D eigenvalue weighted by Gasteiger charge is -2.35. The summed E-state index contributed by atoms with van der Waals surface area (Å²) in [6, 6.07) is 0. The van der Waals surface area contributed by atoms with E-state index in [9.17, 15) is 9.46 Å². The summed E-state index contributed by atoms with van der Waals surface area (Å²) in [6.07, 6.45) is 21.2. The van der Waals surface area contributed by atoms with Crippen molar-refractivity contribution in [1.29, 1.82) is 0 Å². The normalized spacial score (nSPS) is 15.8. The Balaban J connectivity index is 3.72. The highest BCUT2D eigenvalue weighted by Crippen LogP contribution is 2.51. The predicted molar refractivity (Wildman–Crippen MR) is 123 cm³/mol. The molecule has 0 aromatic rings. The maximum atomic E-state index is 12.6. The van der Waals surface area contributed by atoms with Gasteiger partial charge in [-0.3, -0.25) is 4.57 Å². The molecule has 0 bridgehead atoms. The number of nitrogens with zero attached hydrogens (tertiary/aromatic N) is 1. The molecule has 0 saturated heterocycles. The lowest BCUT2D eigenvalue weighted by atomic mass is 10.1. The van der Waals surface area contributed by atoms with E-state index in [-0.39, 0.29) is 5.78 Å². The largest absolute Gasteiger partial charge is 0.385 e. The maximum absolute atomic E-state index is 12.6. The average molecular weight is 419 g/mol. The van der Waals surface area contributed by atoms with E-state index in [0.717, 1.165) is 25.7 Å². The second-order valence-corrected chi connectivity index (χ2v) is 11.0. The van der Waals surface area contributed by atoms with Crippen molar-refractivity contribution in [3.8, 4) is 0 Å². The molecule has 0 saturated carbocycles. The fourth-order valence-electron chi connectivity index (χ4n) is 3.54. The Morgan fingerprint density at radius 1 is 0.821 bits per heavy atom. The first-order valence-corrected chi connectivity index (χ1v) is 13.3. The molecule has 2 unspecified atom stereocenters. The summed E-state index contributed by atoms with van der Waals surface area (Å²) < 4.78 is 18.5. The van der Waals surface area contributed by atoms with Crippen molar-refractivity contribution in [3.05, 3.63) is 12.2 Å². The van der Waals surface area contributed by atoms with E-state index < -0.39 is 7.60 Å². The summed E-state index contributed by atoms with van der Waals surface area (Å²) in [5.41, 5.74) is 0. The van der Waals surface area contributed by atoms with E-state index in [2.05, 4.69) is 19.1 Å². The molecule has 1 N–H and O–H groups in total. The molecule has 28 heavy (non-hydrogen) atoms. The highest BCUT2D eigenvalue weighted by molar-refractivity contribution is 7.53. The molecule has 5 heteroatoms. The standard InChI is InChI=1S/C23H48NO3P/c1-6-8-9-10-11-12-13-14-15-16-17-18-19-20-22-27-28(25,26)23(21-7-2)24(3,4)5/h17-18,23H,6-16,19-22H2,1-5H3/p+1. The minimum absolute atomic E-state index is 0.348. The van der Waals surface area contributed by atoms with Crippen LogP contribution in [0.15, 0.2) is 12.2 Å². The Bertz CT molecular complexity index is 432. The van der Waals surface area contributed by atoms with Crippen molar-refractivity contribution in [3.63, 3.8) is 0 Å². The van der Waals surface area contributed by atoms with Crippen LogP contribution in [-0.4, -0.2) is 42.9 Å². The third kappa shape index (κ3) is 14.8. The Kier molecular flexibility index (Phi) is 16.5.